The lowest BCUT2D eigenvalue weighted by molar-refractivity contribution is -0.149. The number of hydrazine groups is 1. The van der Waals surface area contributed by atoms with Gasteiger partial charge in [-0.2, -0.15) is 0 Å². The molecule has 0 unspecified atom stereocenters. The standard InChI is InChI=1S/C26H20N2O6S2/c1-33-17-7-3-15(4-8-17)13-27-24(31)21(26-35-22-19(29)11-12-20(30)23(22)36-26)25(32)28(27)14-16-5-9-18(34-2)10-6-16/h3-12H,13-14H2,1-2H3. The van der Waals surface area contributed by atoms with Crippen molar-refractivity contribution >= 4 is 46.9 Å². The van der Waals surface area contributed by atoms with Gasteiger partial charge < -0.3 is 9.47 Å². The highest BCUT2D eigenvalue weighted by Gasteiger charge is 2.45. The highest BCUT2D eigenvalue weighted by Crippen LogP contribution is 2.53. The molecule has 1 aliphatic carbocycles. The Labute approximate surface area is 215 Å². The van der Waals surface area contributed by atoms with Crippen LogP contribution in [0.3, 0.4) is 0 Å². The molecule has 10 heteroatoms. The van der Waals surface area contributed by atoms with Gasteiger partial charge in [-0.15, -0.1) is 0 Å². The normalized spacial score (nSPS) is 17.5. The Hall–Kier alpha value is -3.76. The summed E-state index contributed by atoms with van der Waals surface area (Å²) in [4.78, 5) is 52.4. The SMILES string of the molecule is COc1ccc(CN2C(=O)C(=C3SC4=C(S3)C(=O)C=CC4=O)C(=O)N2Cc2ccc(OC)cc2)cc1. The van der Waals surface area contributed by atoms with Crippen LogP contribution >= 0.6 is 23.5 Å². The summed E-state index contributed by atoms with van der Waals surface area (Å²) in [6.07, 6.45) is 2.43. The van der Waals surface area contributed by atoms with Crippen molar-refractivity contribution < 1.29 is 28.7 Å². The van der Waals surface area contributed by atoms with Crippen molar-refractivity contribution in [2.75, 3.05) is 14.2 Å². The maximum Gasteiger partial charge on any atom is 0.280 e. The molecule has 2 aliphatic heterocycles. The molecule has 0 bridgehead atoms. The van der Waals surface area contributed by atoms with Crippen LogP contribution in [0, 0.1) is 0 Å². The molecule has 1 saturated heterocycles. The van der Waals surface area contributed by atoms with Crippen molar-refractivity contribution in [1.82, 2.24) is 10.0 Å². The number of ether oxygens (including phenoxy) is 2. The number of allylic oxidation sites excluding steroid dienone is 4. The van der Waals surface area contributed by atoms with Crippen molar-refractivity contribution in [3.05, 3.63) is 91.4 Å². The van der Waals surface area contributed by atoms with E-state index in [0.717, 1.165) is 34.7 Å². The molecule has 0 radical (unpaired) electrons. The highest BCUT2D eigenvalue weighted by molar-refractivity contribution is 8.29. The van der Waals surface area contributed by atoms with E-state index in [9.17, 15) is 19.2 Å². The lowest BCUT2D eigenvalue weighted by atomic mass is 10.2. The Morgan fingerprint density at radius 3 is 1.39 bits per heavy atom. The highest BCUT2D eigenvalue weighted by atomic mass is 32.2. The van der Waals surface area contributed by atoms with E-state index in [1.165, 1.54) is 22.2 Å². The van der Waals surface area contributed by atoms with Gasteiger partial charge >= 0.3 is 0 Å². The summed E-state index contributed by atoms with van der Waals surface area (Å²) in [5, 5.41) is 2.80. The Kier molecular flexibility index (Phi) is 6.46. The van der Waals surface area contributed by atoms with E-state index in [0.29, 0.717) is 15.7 Å². The third-order valence-electron chi connectivity index (χ3n) is 5.80. The van der Waals surface area contributed by atoms with Crippen LogP contribution in [0.25, 0.3) is 0 Å². The van der Waals surface area contributed by atoms with E-state index in [4.69, 9.17) is 9.47 Å². The molecule has 5 rings (SSSR count). The first-order chi connectivity index (χ1) is 17.4. The number of nitrogens with zero attached hydrogens (tertiary/aromatic N) is 2. The number of carbonyl (C=O) groups is 4. The molecule has 0 spiro atoms. The van der Waals surface area contributed by atoms with Crippen LogP contribution in [0.2, 0.25) is 0 Å². The predicted octanol–water partition coefficient (Wildman–Crippen LogP) is 3.60. The van der Waals surface area contributed by atoms with Crippen molar-refractivity contribution in [2.24, 2.45) is 0 Å². The molecule has 182 valence electrons. The van der Waals surface area contributed by atoms with Crippen molar-refractivity contribution in [3.8, 4) is 11.5 Å². The molecule has 2 amide bonds. The number of hydrogen-bond acceptors (Lipinski definition) is 8. The van der Waals surface area contributed by atoms with Crippen LogP contribution in [0.1, 0.15) is 11.1 Å². The van der Waals surface area contributed by atoms with Gasteiger partial charge in [-0.25, -0.2) is 10.0 Å². The van der Waals surface area contributed by atoms with E-state index < -0.39 is 11.8 Å². The van der Waals surface area contributed by atoms with Crippen LogP contribution in [0.5, 0.6) is 11.5 Å². The van der Waals surface area contributed by atoms with Gasteiger partial charge in [0.25, 0.3) is 11.8 Å². The number of rotatable bonds is 6. The average Bonchev–Trinajstić information content (AvgIpc) is 3.43. The topological polar surface area (TPSA) is 93.2 Å². The number of carbonyl (C=O) groups excluding carboxylic acids is 4. The fourth-order valence-corrected chi connectivity index (χ4v) is 6.46. The van der Waals surface area contributed by atoms with Gasteiger partial charge in [0.1, 0.15) is 17.1 Å². The minimum atomic E-state index is -0.480. The molecule has 2 aromatic carbocycles. The van der Waals surface area contributed by atoms with E-state index in [-0.39, 0.29) is 40.0 Å². The molecule has 36 heavy (non-hydrogen) atoms. The Bertz CT molecular complexity index is 1270. The van der Waals surface area contributed by atoms with Crippen LogP contribution in [0.15, 0.2) is 80.3 Å². The van der Waals surface area contributed by atoms with Gasteiger partial charge in [-0.05, 0) is 47.5 Å². The predicted molar refractivity (Wildman–Crippen MR) is 135 cm³/mol. The smallest absolute Gasteiger partial charge is 0.280 e. The fraction of sp³-hybridized carbons (Fsp3) is 0.154. The average molecular weight is 521 g/mol. The van der Waals surface area contributed by atoms with Gasteiger partial charge in [-0.1, -0.05) is 47.8 Å². The van der Waals surface area contributed by atoms with Gasteiger partial charge in [-0.3, -0.25) is 19.2 Å². The first-order valence-electron chi connectivity index (χ1n) is 10.9. The van der Waals surface area contributed by atoms with Crippen LogP contribution in [-0.2, 0) is 32.3 Å². The zero-order chi connectivity index (χ0) is 25.4. The molecular formula is C26H20N2O6S2. The maximum atomic E-state index is 13.6. The quantitative estimate of drug-likeness (QED) is 0.324. The number of benzene rings is 2. The second-order valence-corrected chi connectivity index (χ2v) is 10.3. The molecule has 0 aromatic heterocycles. The van der Waals surface area contributed by atoms with Gasteiger partial charge in [0, 0.05) is 0 Å². The fourth-order valence-electron chi connectivity index (χ4n) is 3.89. The van der Waals surface area contributed by atoms with Crippen LogP contribution in [-0.4, -0.2) is 47.6 Å². The zero-order valence-electron chi connectivity index (χ0n) is 19.3. The molecule has 0 saturated carbocycles. The molecular weight excluding hydrogens is 500 g/mol. The molecule has 0 N–H and O–H groups in total. The number of methoxy groups -OCH3 is 2. The van der Waals surface area contributed by atoms with Crippen molar-refractivity contribution in [1.29, 1.82) is 0 Å². The first kappa shape index (κ1) is 24.0. The molecule has 2 heterocycles. The third-order valence-corrected chi connectivity index (χ3v) is 8.43. The lowest BCUT2D eigenvalue weighted by Crippen LogP contribution is -2.39. The minimum Gasteiger partial charge on any atom is -0.497 e. The lowest BCUT2D eigenvalue weighted by Gasteiger charge is -2.27. The monoisotopic (exact) mass is 520 g/mol. The summed E-state index contributed by atoms with van der Waals surface area (Å²) < 4.78 is 10.8. The van der Waals surface area contributed by atoms with Gasteiger partial charge in [0.2, 0.25) is 0 Å². The largest absolute Gasteiger partial charge is 0.497 e. The summed E-state index contributed by atoms with van der Waals surface area (Å²) in [5.41, 5.74) is 1.57. The van der Waals surface area contributed by atoms with Crippen LogP contribution < -0.4 is 9.47 Å². The number of thioether (sulfide) groups is 2. The van der Waals surface area contributed by atoms with E-state index in [1.54, 1.807) is 38.5 Å². The Morgan fingerprint density at radius 2 is 1.03 bits per heavy atom. The minimum absolute atomic E-state index is 0.0398. The van der Waals surface area contributed by atoms with E-state index in [2.05, 4.69) is 0 Å². The van der Waals surface area contributed by atoms with Gasteiger partial charge in [0.15, 0.2) is 11.6 Å². The van der Waals surface area contributed by atoms with E-state index in [1.807, 2.05) is 24.3 Å². The summed E-state index contributed by atoms with van der Waals surface area (Å²) in [5.74, 6) is -0.210. The number of amides is 2. The molecule has 3 aliphatic rings. The molecule has 0 atom stereocenters. The first-order valence-corrected chi connectivity index (χ1v) is 12.5. The van der Waals surface area contributed by atoms with Gasteiger partial charge in [0.05, 0.1) is 41.4 Å². The summed E-state index contributed by atoms with van der Waals surface area (Å²) in [6.45, 7) is 0.312. The van der Waals surface area contributed by atoms with Crippen molar-refractivity contribution in [3.63, 3.8) is 0 Å². The number of hydrogen-bond donors (Lipinski definition) is 0. The second-order valence-electron chi connectivity index (χ2n) is 8.01. The summed E-state index contributed by atoms with van der Waals surface area (Å²) >= 11 is 2.02. The molecule has 1 fully saturated rings. The second kappa shape index (κ2) is 9.71. The summed E-state index contributed by atoms with van der Waals surface area (Å²) in [6, 6.07) is 14.5. The van der Waals surface area contributed by atoms with Crippen molar-refractivity contribution in [2.45, 2.75) is 13.1 Å². The molecule has 2 aromatic rings. The third kappa shape index (κ3) is 4.33. The summed E-state index contributed by atoms with van der Waals surface area (Å²) in [7, 11) is 3.14. The molecule has 8 nitrogen and oxygen atoms in total. The van der Waals surface area contributed by atoms with E-state index >= 15 is 0 Å². The Balaban J connectivity index is 1.49. The van der Waals surface area contributed by atoms with Crippen LogP contribution in [0.4, 0.5) is 0 Å². The Morgan fingerprint density at radius 1 is 0.639 bits per heavy atom. The zero-order valence-corrected chi connectivity index (χ0v) is 21.0. The number of ketones is 2. The maximum absolute atomic E-state index is 13.6.